The zero-order valence-electron chi connectivity index (χ0n) is 12.9. The highest BCUT2D eigenvalue weighted by Gasteiger charge is 2.17. The molecule has 0 atom stereocenters. The molecule has 2 aromatic rings. The number of hydrogen-bond acceptors (Lipinski definition) is 4. The van der Waals surface area contributed by atoms with E-state index < -0.39 is 0 Å². The molecule has 1 aliphatic carbocycles. The summed E-state index contributed by atoms with van der Waals surface area (Å²) in [5, 5.41) is 6.18. The van der Waals surface area contributed by atoms with Crippen LogP contribution in [0.3, 0.4) is 0 Å². The second-order valence-electron chi connectivity index (χ2n) is 6.30. The summed E-state index contributed by atoms with van der Waals surface area (Å²) in [6, 6.07) is 9.44. The normalized spacial score (nSPS) is 19.7. The first-order chi connectivity index (χ1) is 10.9. The molecule has 4 heteroatoms. The van der Waals surface area contributed by atoms with Gasteiger partial charge in [0.1, 0.15) is 5.82 Å². The molecule has 0 spiro atoms. The molecule has 0 bridgehead atoms. The van der Waals surface area contributed by atoms with Crippen molar-refractivity contribution in [2.45, 2.75) is 31.7 Å². The lowest BCUT2D eigenvalue weighted by atomic mass is 10.1. The fourth-order valence-corrected chi connectivity index (χ4v) is 3.58. The van der Waals surface area contributed by atoms with Crippen molar-refractivity contribution < 1.29 is 4.74 Å². The van der Waals surface area contributed by atoms with E-state index in [0.29, 0.717) is 6.04 Å². The average Bonchev–Trinajstić information content (AvgIpc) is 3.08. The molecule has 1 saturated carbocycles. The monoisotopic (exact) mass is 297 g/mol. The summed E-state index contributed by atoms with van der Waals surface area (Å²) in [4.78, 5) is 6.94. The van der Waals surface area contributed by atoms with Crippen LogP contribution < -0.4 is 10.2 Å². The predicted molar refractivity (Wildman–Crippen MR) is 90.7 cm³/mol. The predicted octanol–water partition coefficient (Wildman–Crippen LogP) is 3.43. The molecule has 0 radical (unpaired) electrons. The highest BCUT2D eigenvalue weighted by atomic mass is 16.5. The molecule has 1 saturated heterocycles. The maximum atomic E-state index is 5.45. The van der Waals surface area contributed by atoms with Gasteiger partial charge in [-0.25, -0.2) is 4.98 Å². The van der Waals surface area contributed by atoms with Crippen LogP contribution in [-0.2, 0) is 4.74 Å². The quantitative estimate of drug-likeness (QED) is 0.942. The maximum absolute atomic E-state index is 5.45. The second-order valence-corrected chi connectivity index (χ2v) is 6.30. The van der Waals surface area contributed by atoms with E-state index >= 15 is 0 Å². The molecule has 4 rings (SSSR count). The van der Waals surface area contributed by atoms with Crippen molar-refractivity contribution in [2.75, 3.05) is 36.5 Å². The van der Waals surface area contributed by atoms with E-state index in [0.717, 1.165) is 32.1 Å². The lowest BCUT2D eigenvalue weighted by Crippen LogP contribution is -2.36. The number of anilines is 2. The van der Waals surface area contributed by atoms with Crippen LogP contribution >= 0.6 is 0 Å². The Morgan fingerprint density at radius 2 is 1.91 bits per heavy atom. The van der Waals surface area contributed by atoms with E-state index in [9.17, 15) is 0 Å². The van der Waals surface area contributed by atoms with E-state index in [-0.39, 0.29) is 0 Å². The summed E-state index contributed by atoms with van der Waals surface area (Å²) in [5.41, 5.74) is 1.23. The van der Waals surface area contributed by atoms with Crippen LogP contribution in [0.15, 0.2) is 30.5 Å². The van der Waals surface area contributed by atoms with Gasteiger partial charge >= 0.3 is 0 Å². The van der Waals surface area contributed by atoms with E-state index in [1.54, 1.807) is 0 Å². The Labute approximate surface area is 131 Å². The van der Waals surface area contributed by atoms with Crippen LogP contribution in [0.25, 0.3) is 10.8 Å². The molecule has 1 N–H and O–H groups in total. The minimum Gasteiger partial charge on any atom is -0.382 e. The molecule has 0 amide bonds. The van der Waals surface area contributed by atoms with Gasteiger partial charge in [0.2, 0.25) is 0 Å². The Morgan fingerprint density at radius 3 is 2.73 bits per heavy atom. The third kappa shape index (κ3) is 2.75. The Hall–Kier alpha value is -1.81. The number of nitrogens with zero attached hydrogens (tertiary/aromatic N) is 2. The summed E-state index contributed by atoms with van der Waals surface area (Å²) in [7, 11) is 0. The smallest absolute Gasteiger partial charge is 0.136 e. The topological polar surface area (TPSA) is 37.4 Å². The standard InChI is InChI=1S/C18H23N3O/c1-2-4-15(3-1)20-16-5-6-17-14(13-16)7-8-19-18(17)21-9-11-22-12-10-21/h5-8,13,15,20H,1-4,9-12H2. The number of nitrogens with one attached hydrogen (secondary N) is 1. The maximum Gasteiger partial charge on any atom is 0.136 e. The van der Waals surface area contributed by atoms with Crippen molar-refractivity contribution in [3.8, 4) is 0 Å². The van der Waals surface area contributed by atoms with Crippen LogP contribution in [0.1, 0.15) is 25.7 Å². The van der Waals surface area contributed by atoms with Crippen molar-refractivity contribution in [3.05, 3.63) is 30.5 Å². The highest BCUT2D eigenvalue weighted by Crippen LogP contribution is 2.29. The second kappa shape index (κ2) is 6.13. The number of rotatable bonds is 3. The summed E-state index contributed by atoms with van der Waals surface area (Å²) in [6.45, 7) is 3.43. The third-order valence-electron chi connectivity index (χ3n) is 4.78. The van der Waals surface area contributed by atoms with Crippen molar-refractivity contribution in [3.63, 3.8) is 0 Å². The Balaban J connectivity index is 1.62. The van der Waals surface area contributed by atoms with Gasteiger partial charge in [-0.2, -0.15) is 0 Å². The Bertz CT molecular complexity index is 646. The molecule has 0 unspecified atom stereocenters. The number of morpholine rings is 1. The fourth-order valence-electron chi connectivity index (χ4n) is 3.58. The van der Waals surface area contributed by atoms with Gasteiger partial charge in [0.05, 0.1) is 13.2 Å². The summed E-state index contributed by atoms with van der Waals surface area (Å²) in [5.74, 6) is 1.09. The van der Waals surface area contributed by atoms with Crippen molar-refractivity contribution >= 4 is 22.3 Å². The zero-order chi connectivity index (χ0) is 14.8. The van der Waals surface area contributed by atoms with E-state index in [1.807, 2.05) is 6.20 Å². The number of benzene rings is 1. The van der Waals surface area contributed by atoms with E-state index in [2.05, 4.69) is 39.5 Å². The number of pyridine rings is 1. The Morgan fingerprint density at radius 1 is 1.09 bits per heavy atom. The van der Waals surface area contributed by atoms with Gasteiger partial charge in [-0.05, 0) is 42.5 Å². The summed E-state index contributed by atoms with van der Waals surface area (Å²) in [6.07, 6.45) is 7.24. The first-order valence-electron chi connectivity index (χ1n) is 8.38. The largest absolute Gasteiger partial charge is 0.382 e. The third-order valence-corrected chi connectivity index (χ3v) is 4.78. The molecule has 116 valence electrons. The molecule has 2 fully saturated rings. The molecule has 22 heavy (non-hydrogen) atoms. The van der Waals surface area contributed by atoms with Gasteiger partial charge in [-0.15, -0.1) is 0 Å². The molecule has 1 aromatic heterocycles. The van der Waals surface area contributed by atoms with Gasteiger partial charge < -0.3 is 15.0 Å². The van der Waals surface area contributed by atoms with Gasteiger partial charge in [0, 0.05) is 36.4 Å². The summed E-state index contributed by atoms with van der Waals surface area (Å²) >= 11 is 0. The molecular weight excluding hydrogens is 274 g/mol. The number of ether oxygens (including phenoxy) is 1. The minimum absolute atomic E-state index is 0.651. The van der Waals surface area contributed by atoms with Crippen LogP contribution in [0, 0.1) is 0 Å². The molecule has 4 nitrogen and oxygen atoms in total. The fraction of sp³-hybridized carbons (Fsp3) is 0.500. The van der Waals surface area contributed by atoms with Gasteiger partial charge in [0.25, 0.3) is 0 Å². The van der Waals surface area contributed by atoms with Crippen molar-refractivity contribution in [1.29, 1.82) is 0 Å². The van der Waals surface area contributed by atoms with Gasteiger partial charge in [0.15, 0.2) is 0 Å². The lowest BCUT2D eigenvalue weighted by molar-refractivity contribution is 0.122. The van der Waals surface area contributed by atoms with Crippen LogP contribution in [0.4, 0.5) is 11.5 Å². The van der Waals surface area contributed by atoms with E-state index in [4.69, 9.17) is 4.74 Å². The first kappa shape index (κ1) is 13.8. The van der Waals surface area contributed by atoms with Crippen LogP contribution in [0.2, 0.25) is 0 Å². The SMILES string of the molecule is c1cc2cc(NC3CCCC3)ccc2c(N2CCOCC2)n1. The molecular formula is C18H23N3O. The minimum atomic E-state index is 0.651. The number of hydrogen-bond donors (Lipinski definition) is 1. The van der Waals surface area contributed by atoms with Gasteiger partial charge in [-0.1, -0.05) is 12.8 Å². The Kier molecular flexibility index (Phi) is 3.85. The molecule has 2 aliphatic rings. The van der Waals surface area contributed by atoms with Crippen molar-refractivity contribution in [1.82, 2.24) is 4.98 Å². The van der Waals surface area contributed by atoms with Crippen LogP contribution in [0.5, 0.6) is 0 Å². The number of aromatic nitrogens is 1. The lowest BCUT2D eigenvalue weighted by Gasteiger charge is -2.28. The zero-order valence-corrected chi connectivity index (χ0v) is 12.9. The van der Waals surface area contributed by atoms with Crippen LogP contribution in [-0.4, -0.2) is 37.3 Å². The molecule has 1 aromatic carbocycles. The number of fused-ring (bicyclic) bond motifs is 1. The van der Waals surface area contributed by atoms with E-state index in [1.165, 1.54) is 42.1 Å². The van der Waals surface area contributed by atoms with Crippen molar-refractivity contribution in [2.24, 2.45) is 0 Å². The van der Waals surface area contributed by atoms with Gasteiger partial charge in [-0.3, -0.25) is 0 Å². The molecule has 1 aliphatic heterocycles. The highest BCUT2D eigenvalue weighted by molar-refractivity contribution is 5.94. The first-order valence-corrected chi connectivity index (χ1v) is 8.38. The average molecular weight is 297 g/mol. The summed E-state index contributed by atoms with van der Waals surface area (Å²) < 4.78 is 5.45. The molecule has 2 heterocycles.